The smallest absolute Gasteiger partial charge is 0.323 e. The lowest BCUT2D eigenvalue weighted by Gasteiger charge is -2.17. The first-order valence-corrected chi connectivity index (χ1v) is 7.12. The molecular weight excluding hydrogens is 311 g/mol. The third-order valence-electron chi connectivity index (χ3n) is 2.75. The lowest BCUT2D eigenvalue weighted by Crippen LogP contribution is -2.30. The van der Waals surface area contributed by atoms with E-state index in [1.807, 2.05) is 0 Å². The van der Waals surface area contributed by atoms with Gasteiger partial charge in [0.05, 0.1) is 12.0 Å². The number of aryl methyl sites for hydroxylation is 1. The summed E-state index contributed by atoms with van der Waals surface area (Å²) < 4.78 is 60.9. The number of hydrogen-bond acceptors (Lipinski definition) is 4. The summed E-state index contributed by atoms with van der Waals surface area (Å²) in [6.45, 7) is 1.41. The third kappa shape index (κ3) is 3.15. The van der Waals surface area contributed by atoms with Crippen molar-refractivity contribution >= 4 is 33.6 Å². The highest BCUT2D eigenvalue weighted by atomic mass is 32.2. The van der Waals surface area contributed by atoms with Crippen LogP contribution in [0.25, 0.3) is 0 Å². The van der Waals surface area contributed by atoms with Crippen molar-refractivity contribution in [3.63, 3.8) is 0 Å². The van der Waals surface area contributed by atoms with Gasteiger partial charge in [0.1, 0.15) is 6.54 Å². The van der Waals surface area contributed by atoms with E-state index in [4.69, 9.17) is 0 Å². The van der Waals surface area contributed by atoms with E-state index in [0.29, 0.717) is 11.3 Å². The van der Waals surface area contributed by atoms with Gasteiger partial charge < -0.3 is 4.90 Å². The minimum Gasteiger partial charge on any atom is -0.323 e. The number of sulfonamides is 1. The first-order chi connectivity index (χ1) is 9.60. The van der Waals surface area contributed by atoms with Gasteiger partial charge in [0.15, 0.2) is 0 Å². The second-order valence-electron chi connectivity index (χ2n) is 4.32. The van der Waals surface area contributed by atoms with Crippen LogP contribution in [0.2, 0.25) is 0 Å². The van der Waals surface area contributed by atoms with Crippen molar-refractivity contribution < 1.29 is 26.4 Å². The Kier molecular flexibility index (Phi) is 3.66. The van der Waals surface area contributed by atoms with E-state index in [9.17, 15) is 26.4 Å². The maximum absolute atomic E-state index is 12.4. The number of nitrogens with zero attached hydrogens (tertiary/aromatic N) is 2. The van der Waals surface area contributed by atoms with Crippen LogP contribution < -0.4 is 9.62 Å². The van der Waals surface area contributed by atoms with E-state index in [1.54, 1.807) is 6.07 Å². The van der Waals surface area contributed by atoms with Gasteiger partial charge in [0.25, 0.3) is 5.91 Å². The van der Waals surface area contributed by atoms with E-state index in [0.717, 1.165) is 0 Å². The van der Waals surface area contributed by atoms with Gasteiger partial charge in [-0.3, -0.25) is 9.52 Å². The van der Waals surface area contributed by atoms with Gasteiger partial charge in [-0.05, 0) is 24.6 Å². The molecule has 0 atom stereocenters. The number of alkyl halides is 3. The topological polar surface area (TPSA) is 78.8 Å². The molecule has 6 nitrogen and oxygen atoms in total. The van der Waals surface area contributed by atoms with Crippen molar-refractivity contribution in [3.05, 3.63) is 23.8 Å². The predicted octanol–water partition coefficient (Wildman–Crippen LogP) is 1.63. The van der Waals surface area contributed by atoms with Crippen LogP contribution >= 0.6 is 0 Å². The lowest BCUT2D eigenvalue weighted by atomic mass is 10.2. The van der Waals surface area contributed by atoms with Crippen LogP contribution in [0.15, 0.2) is 23.2 Å². The van der Waals surface area contributed by atoms with Gasteiger partial charge in [-0.1, -0.05) is 6.07 Å². The first-order valence-electron chi connectivity index (χ1n) is 5.63. The van der Waals surface area contributed by atoms with Crippen LogP contribution in [0.4, 0.5) is 24.5 Å². The van der Waals surface area contributed by atoms with Crippen molar-refractivity contribution in [2.45, 2.75) is 12.4 Å². The number of aliphatic imine (C=N–C) groups is 1. The zero-order valence-corrected chi connectivity index (χ0v) is 11.5. The molecule has 2 rings (SSSR count). The molecule has 0 radical (unpaired) electrons. The van der Waals surface area contributed by atoms with Gasteiger partial charge >= 0.3 is 15.5 Å². The molecule has 1 N–H and O–H groups in total. The Bertz CT molecular complexity index is 713. The Balaban J connectivity index is 2.33. The second kappa shape index (κ2) is 5.02. The number of halogens is 3. The third-order valence-corrected chi connectivity index (χ3v) is 3.85. The van der Waals surface area contributed by atoms with Crippen molar-refractivity contribution in [2.75, 3.05) is 16.2 Å². The van der Waals surface area contributed by atoms with Gasteiger partial charge in [-0.25, -0.2) is 4.99 Å². The summed E-state index contributed by atoms with van der Waals surface area (Å²) in [5, 5.41) is 0. The number of nitrogens with one attached hydrogen (secondary N) is 1. The summed E-state index contributed by atoms with van der Waals surface area (Å²) in [6, 6.07) is 4.20. The SMILES string of the molecule is Cc1ccc(N2C=NC(=O)C2)cc1NS(=O)(=O)C(F)(F)F. The summed E-state index contributed by atoms with van der Waals surface area (Å²) in [5.74, 6) is -0.395. The maximum atomic E-state index is 12.4. The molecule has 1 aromatic carbocycles. The number of rotatable bonds is 3. The molecule has 114 valence electrons. The van der Waals surface area contributed by atoms with Crippen LogP contribution in [0.1, 0.15) is 5.56 Å². The zero-order chi connectivity index (χ0) is 15.8. The van der Waals surface area contributed by atoms with E-state index in [-0.39, 0.29) is 12.2 Å². The molecule has 0 saturated carbocycles. The Morgan fingerprint density at radius 3 is 2.52 bits per heavy atom. The number of amides is 1. The largest absolute Gasteiger partial charge is 0.516 e. The summed E-state index contributed by atoms with van der Waals surface area (Å²) in [7, 11) is -5.49. The number of anilines is 2. The highest BCUT2D eigenvalue weighted by Crippen LogP contribution is 2.29. The summed E-state index contributed by atoms with van der Waals surface area (Å²) in [4.78, 5) is 15.9. The van der Waals surface area contributed by atoms with Crippen LogP contribution in [0, 0.1) is 6.92 Å². The molecule has 1 amide bonds. The normalized spacial score (nSPS) is 15.6. The Morgan fingerprint density at radius 1 is 1.33 bits per heavy atom. The van der Waals surface area contributed by atoms with Gasteiger partial charge in [0.2, 0.25) is 0 Å². The molecule has 0 unspecified atom stereocenters. The number of hydrogen-bond donors (Lipinski definition) is 1. The van der Waals surface area contributed by atoms with Crippen LogP contribution in [-0.2, 0) is 14.8 Å². The van der Waals surface area contributed by atoms with E-state index >= 15 is 0 Å². The fraction of sp³-hybridized carbons (Fsp3) is 0.273. The molecule has 21 heavy (non-hydrogen) atoms. The lowest BCUT2D eigenvalue weighted by molar-refractivity contribution is -0.115. The van der Waals surface area contributed by atoms with Crippen LogP contribution in [0.5, 0.6) is 0 Å². The molecule has 1 aromatic rings. The van der Waals surface area contributed by atoms with Crippen molar-refractivity contribution in [1.82, 2.24) is 0 Å². The monoisotopic (exact) mass is 321 g/mol. The maximum Gasteiger partial charge on any atom is 0.516 e. The van der Waals surface area contributed by atoms with Crippen LogP contribution in [-0.4, -0.2) is 32.7 Å². The second-order valence-corrected chi connectivity index (χ2v) is 5.99. The minimum atomic E-state index is -5.49. The van der Waals surface area contributed by atoms with Crippen molar-refractivity contribution in [3.8, 4) is 0 Å². The van der Waals surface area contributed by atoms with Crippen molar-refractivity contribution in [1.29, 1.82) is 0 Å². The molecule has 1 aliphatic heterocycles. The highest BCUT2D eigenvalue weighted by Gasteiger charge is 2.46. The zero-order valence-electron chi connectivity index (χ0n) is 10.7. The van der Waals surface area contributed by atoms with Gasteiger partial charge in [0, 0.05) is 5.69 Å². The van der Waals surface area contributed by atoms with E-state index < -0.39 is 21.4 Å². The fourth-order valence-electron chi connectivity index (χ4n) is 1.62. The molecule has 0 aromatic heterocycles. The average molecular weight is 321 g/mol. The summed E-state index contributed by atoms with van der Waals surface area (Å²) >= 11 is 0. The number of carbonyl (C=O) groups is 1. The molecule has 0 saturated heterocycles. The molecule has 1 heterocycles. The highest BCUT2D eigenvalue weighted by molar-refractivity contribution is 7.93. The van der Waals surface area contributed by atoms with E-state index in [1.165, 1.54) is 35.0 Å². The molecule has 10 heteroatoms. The predicted molar refractivity (Wildman–Crippen MR) is 70.6 cm³/mol. The standard InChI is InChI=1S/C11H10F3N3O3S/c1-7-2-3-8(17-5-10(18)15-6-17)4-9(7)16-21(19,20)11(12,13)14/h2-4,6,16H,5H2,1H3. The minimum absolute atomic E-state index is 0.0471. The molecule has 0 fully saturated rings. The quantitative estimate of drug-likeness (QED) is 0.918. The molecule has 0 aliphatic carbocycles. The molecule has 0 spiro atoms. The number of benzene rings is 1. The van der Waals surface area contributed by atoms with Gasteiger partial charge in [-0.15, -0.1) is 0 Å². The molecule has 0 bridgehead atoms. The Labute approximate surface area is 118 Å². The summed E-state index contributed by atoms with van der Waals surface area (Å²) in [6.07, 6.45) is 1.23. The average Bonchev–Trinajstić information content (AvgIpc) is 2.77. The van der Waals surface area contributed by atoms with E-state index in [2.05, 4.69) is 4.99 Å². The Morgan fingerprint density at radius 2 is 2.00 bits per heavy atom. The first kappa shape index (κ1) is 15.3. The Hall–Kier alpha value is -2.10. The van der Waals surface area contributed by atoms with Gasteiger partial charge in [-0.2, -0.15) is 21.6 Å². The molecular formula is C11H10F3N3O3S. The van der Waals surface area contributed by atoms with Crippen LogP contribution in [0.3, 0.4) is 0 Å². The fourth-order valence-corrected chi connectivity index (χ4v) is 2.25. The summed E-state index contributed by atoms with van der Waals surface area (Å²) in [5.41, 5.74) is -4.94. The van der Waals surface area contributed by atoms with Crippen molar-refractivity contribution in [2.24, 2.45) is 4.99 Å². The molecule has 1 aliphatic rings. The number of carbonyl (C=O) groups excluding carboxylic acids is 1.